The van der Waals surface area contributed by atoms with Gasteiger partial charge in [-0.15, -0.1) is 0 Å². The number of carbonyl (C=O) groups excluding carboxylic acids is 2. The maximum Gasteiger partial charge on any atom is 0.253 e. The Labute approximate surface area is 178 Å². The van der Waals surface area contributed by atoms with Crippen LogP contribution in [0.15, 0.2) is 23.1 Å². The summed E-state index contributed by atoms with van der Waals surface area (Å²) in [6.07, 6.45) is 4.02. The standard InChI is InChI=1S/C21H31N3O5S/c1-15-6-4-5-11-24(15)30(27,28)20-14-17(7-8-19(20)29-3)21(26)23-12-9-18(10-13-23)22-16(2)25/h7-8,14-15,18H,4-6,9-13H2,1-3H3,(H,22,25). The molecule has 0 spiro atoms. The molecule has 9 heteroatoms. The number of hydrogen-bond acceptors (Lipinski definition) is 5. The van der Waals surface area contributed by atoms with Crippen LogP contribution in [0.4, 0.5) is 0 Å². The van der Waals surface area contributed by atoms with Gasteiger partial charge in [0.05, 0.1) is 7.11 Å². The molecule has 0 aliphatic carbocycles. The highest BCUT2D eigenvalue weighted by Crippen LogP contribution is 2.32. The van der Waals surface area contributed by atoms with Gasteiger partial charge >= 0.3 is 0 Å². The normalized spacial score (nSPS) is 21.3. The van der Waals surface area contributed by atoms with Gasteiger partial charge in [0.15, 0.2) is 0 Å². The number of likely N-dealkylation sites (tertiary alicyclic amines) is 1. The van der Waals surface area contributed by atoms with E-state index in [0.717, 1.165) is 19.3 Å². The van der Waals surface area contributed by atoms with E-state index < -0.39 is 10.0 Å². The van der Waals surface area contributed by atoms with Crippen LogP contribution in [-0.4, -0.2) is 68.3 Å². The third-order valence-corrected chi connectivity index (χ3v) is 7.96. The highest BCUT2D eigenvalue weighted by atomic mass is 32.2. The zero-order valence-electron chi connectivity index (χ0n) is 17.9. The molecule has 2 fully saturated rings. The fourth-order valence-corrected chi connectivity index (χ4v) is 6.15. The third-order valence-electron chi connectivity index (χ3n) is 5.93. The quantitative estimate of drug-likeness (QED) is 0.760. The van der Waals surface area contributed by atoms with Crippen molar-refractivity contribution in [3.8, 4) is 5.75 Å². The number of sulfonamides is 1. The molecule has 0 radical (unpaired) electrons. The van der Waals surface area contributed by atoms with Crippen molar-refractivity contribution in [2.24, 2.45) is 0 Å². The Kier molecular flexibility index (Phi) is 7.02. The van der Waals surface area contributed by atoms with Crippen molar-refractivity contribution in [2.45, 2.75) is 62.9 Å². The predicted octanol–water partition coefficient (Wildman–Crippen LogP) is 2.00. The van der Waals surface area contributed by atoms with Crippen LogP contribution in [0, 0.1) is 0 Å². The number of nitrogens with zero attached hydrogens (tertiary/aromatic N) is 2. The molecule has 0 aromatic heterocycles. The lowest BCUT2D eigenvalue weighted by Crippen LogP contribution is -2.46. The van der Waals surface area contributed by atoms with Gasteiger partial charge in [-0.1, -0.05) is 6.42 Å². The van der Waals surface area contributed by atoms with Crippen molar-refractivity contribution < 1.29 is 22.7 Å². The molecule has 2 saturated heterocycles. The summed E-state index contributed by atoms with van der Waals surface area (Å²) in [5.74, 6) is -0.0347. The minimum absolute atomic E-state index is 0.0396. The number of amides is 2. The maximum absolute atomic E-state index is 13.4. The highest BCUT2D eigenvalue weighted by Gasteiger charge is 2.34. The van der Waals surface area contributed by atoms with Crippen molar-refractivity contribution >= 4 is 21.8 Å². The van der Waals surface area contributed by atoms with E-state index >= 15 is 0 Å². The Morgan fingerprint density at radius 1 is 1.10 bits per heavy atom. The molecule has 0 saturated carbocycles. The van der Waals surface area contributed by atoms with Crippen molar-refractivity contribution in [2.75, 3.05) is 26.7 Å². The first-order chi connectivity index (χ1) is 14.2. The monoisotopic (exact) mass is 437 g/mol. The SMILES string of the molecule is COc1ccc(C(=O)N2CCC(NC(C)=O)CC2)cc1S(=O)(=O)N1CCCCC1C. The summed E-state index contributed by atoms with van der Waals surface area (Å²) in [7, 11) is -2.34. The second-order valence-corrected chi connectivity index (χ2v) is 9.95. The van der Waals surface area contributed by atoms with Gasteiger partial charge in [-0.05, 0) is 50.8 Å². The number of ether oxygens (including phenoxy) is 1. The van der Waals surface area contributed by atoms with Crippen molar-refractivity contribution in [1.29, 1.82) is 0 Å². The van der Waals surface area contributed by atoms with Crippen LogP contribution in [0.1, 0.15) is 56.3 Å². The van der Waals surface area contributed by atoms with E-state index in [1.165, 1.54) is 24.4 Å². The summed E-state index contributed by atoms with van der Waals surface area (Å²) >= 11 is 0. The molecular weight excluding hydrogens is 406 g/mol. The summed E-state index contributed by atoms with van der Waals surface area (Å²) in [6, 6.07) is 4.59. The van der Waals surface area contributed by atoms with Crippen LogP contribution in [0.3, 0.4) is 0 Å². The van der Waals surface area contributed by atoms with E-state index in [-0.39, 0.29) is 34.5 Å². The summed E-state index contributed by atoms with van der Waals surface area (Å²) < 4.78 is 33.5. The molecule has 8 nitrogen and oxygen atoms in total. The molecule has 1 atom stereocenters. The van der Waals surface area contributed by atoms with Gasteiger partial charge in [0.25, 0.3) is 5.91 Å². The number of piperidine rings is 2. The first-order valence-electron chi connectivity index (χ1n) is 10.5. The van der Waals surface area contributed by atoms with E-state index in [1.807, 2.05) is 6.92 Å². The zero-order chi connectivity index (χ0) is 21.9. The lowest BCUT2D eigenvalue weighted by atomic mass is 10.0. The minimum atomic E-state index is -3.77. The van der Waals surface area contributed by atoms with Crippen LogP contribution >= 0.6 is 0 Å². The Morgan fingerprint density at radius 2 is 1.80 bits per heavy atom. The Balaban J connectivity index is 1.82. The molecule has 2 amide bonds. The van der Waals surface area contributed by atoms with Crippen molar-refractivity contribution in [3.05, 3.63) is 23.8 Å². The Hall–Kier alpha value is -2.13. The first kappa shape index (κ1) is 22.6. The molecule has 2 heterocycles. The molecule has 3 rings (SSSR count). The van der Waals surface area contributed by atoms with Crippen molar-refractivity contribution in [3.63, 3.8) is 0 Å². The zero-order valence-corrected chi connectivity index (χ0v) is 18.7. The summed E-state index contributed by atoms with van der Waals surface area (Å²) in [6.45, 7) is 4.90. The van der Waals surface area contributed by atoms with E-state index in [4.69, 9.17) is 4.74 Å². The summed E-state index contributed by atoms with van der Waals surface area (Å²) in [5, 5.41) is 2.89. The molecule has 1 aromatic rings. The second-order valence-electron chi connectivity index (χ2n) is 8.09. The van der Waals surface area contributed by atoms with Gasteiger partial charge < -0.3 is 15.0 Å². The van der Waals surface area contributed by atoms with Gasteiger partial charge in [-0.2, -0.15) is 4.31 Å². The Bertz CT molecular complexity index is 894. The van der Waals surface area contributed by atoms with E-state index in [0.29, 0.717) is 38.0 Å². The molecule has 1 unspecified atom stereocenters. The number of nitrogens with one attached hydrogen (secondary N) is 1. The minimum Gasteiger partial charge on any atom is -0.495 e. The second kappa shape index (κ2) is 9.34. The lowest BCUT2D eigenvalue weighted by Gasteiger charge is -2.33. The van der Waals surface area contributed by atoms with E-state index in [2.05, 4.69) is 5.32 Å². The van der Waals surface area contributed by atoms with Gasteiger partial charge in [-0.3, -0.25) is 9.59 Å². The highest BCUT2D eigenvalue weighted by molar-refractivity contribution is 7.89. The first-order valence-corrected chi connectivity index (χ1v) is 11.9. The summed E-state index contributed by atoms with van der Waals surface area (Å²) in [5.41, 5.74) is 0.331. The lowest BCUT2D eigenvalue weighted by molar-refractivity contribution is -0.119. The smallest absolute Gasteiger partial charge is 0.253 e. The molecule has 0 bridgehead atoms. The van der Waals surface area contributed by atoms with Gasteiger partial charge in [0, 0.05) is 44.2 Å². The topological polar surface area (TPSA) is 96.0 Å². The number of carbonyl (C=O) groups is 2. The number of benzene rings is 1. The van der Waals surface area contributed by atoms with Crippen LogP contribution in [0.5, 0.6) is 5.75 Å². The molecule has 1 aromatic carbocycles. The Morgan fingerprint density at radius 3 is 2.40 bits per heavy atom. The van der Waals surface area contributed by atoms with Gasteiger partial charge in [0.2, 0.25) is 15.9 Å². The van der Waals surface area contributed by atoms with E-state index in [9.17, 15) is 18.0 Å². The van der Waals surface area contributed by atoms with Crippen LogP contribution < -0.4 is 10.1 Å². The van der Waals surface area contributed by atoms with Crippen LogP contribution in [0.2, 0.25) is 0 Å². The fraction of sp³-hybridized carbons (Fsp3) is 0.619. The molecule has 30 heavy (non-hydrogen) atoms. The molecule has 2 aliphatic heterocycles. The average Bonchev–Trinajstić information content (AvgIpc) is 2.73. The van der Waals surface area contributed by atoms with Crippen LogP contribution in [-0.2, 0) is 14.8 Å². The fourth-order valence-electron chi connectivity index (χ4n) is 4.26. The van der Waals surface area contributed by atoms with Gasteiger partial charge in [-0.25, -0.2) is 8.42 Å². The molecular formula is C21H31N3O5S. The number of methoxy groups -OCH3 is 1. The summed E-state index contributed by atoms with van der Waals surface area (Å²) in [4.78, 5) is 26.0. The van der Waals surface area contributed by atoms with E-state index in [1.54, 1.807) is 17.0 Å². The molecule has 1 N–H and O–H groups in total. The predicted molar refractivity (Wildman–Crippen MR) is 113 cm³/mol. The largest absolute Gasteiger partial charge is 0.495 e. The average molecular weight is 438 g/mol. The molecule has 166 valence electrons. The number of rotatable bonds is 5. The van der Waals surface area contributed by atoms with Crippen LogP contribution in [0.25, 0.3) is 0 Å². The van der Waals surface area contributed by atoms with Gasteiger partial charge in [0.1, 0.15) is 10.6 Å². The maximum atomic E-state index is 13.4. The number of hydrogen-bond donors (Lipinski definition) is 1. The third kappa shape index (κ3) is 4.78. The molecule has 2 aliphatic rings. The van der Waals surface area contributed by atoms with Crippen molar-refractivity contribution in [1.82, 2.24) is 14.5 Å².